The van der Waals surface area contributed by atoms with Gasteiger partial charge in [0, 0.05) is 25.7 Å². The summed E-state index contributed by atoms with van der Waals surface area (Å²) in [6.45, 7) is 5.08. The molecule has 6 nitrogen and oxygen atoms in total. The van der Waals surface area contributed by atoms with Gasteiger partial charge in [-0.2, -0.15) is 4.31 Å². The topological polar surface area (TPSA) is 86.7 Å². The molecule has 0 aromatic heterocycles. The van der Waals surface area contributed by atoms with Crippen LogP contribution in [-0.2, 0) is 10.0 Å². The van der Waals surface area contributed by atoms with Gasteiger partial charge in [0.2, 0.25) is 10.0 Å². The fourth-order valence-corrected chi connectivity index (χ4v) is 3.47. The monoisotopic (exact) mass is 314 g/mol. The second-order valence-electron chi connectivity index (χ2n) is 5.35. The van der Waals surface area contributed by atoms with E-state index in [2.05, 4.69) is 5.32 Å². The van der Waals surface area contributed by atoms with Crippen LogP contribution in [-0.4, -0.2) is 49.5 Å². The van der Waals surface area contributed by atoms with E-state index in [-0.39, 0.29) is 23.9 Å². The predicted molar refractivity (Wildman–Crippen MR) is 80.6 cm³/mol. The van der Waals surface area contributed by atoms with Crippen molar-refractivity contribution in [1.82, 2.24) is 9.62 Å². The van der Waals surface area contributed by atoms with Crippen LogP contribution in [0.25, 0.3) is 0 Å². The molecule has 0 unspecified atom stereocenters. The second kappa shape index (κ2) is 6.55. The van der Waals surface area contributed by atoms with Crippen molar-refractivity contribution in [3.63, 3.8) is 0 Å². The van der Waals surface area contributed by atoms with E-state index in [4.69, 9.17) is 0 Å². The smallest absolute Gasteiger partial charge is 0.251 e. The maximum atomic E-state index is 12.5. The molecule has 1 rings (SSSR count). The Morgan fingerprint density at radius 2 is 1.81 bits per heavy atom. The Balaban J connectivity index is 3.09. The number of nitrogens with zero attached hydrogens (tertiary/aromatic N) is 1. The normalized spacial score (nSPS) is 12.5. The number of benzene rings is 1. The highest BCUT2D eigenvalue weighted by Gasteiger charge is 2.28. The van der Waals surface area contributed by atoms with Crippen LogP contribution in [0, 0.1) is 0 Å². The zero-order valence-corrected chi connectivity index (χ0v) is 13.6. The van der Waals surface area contributed by atoms with Crippen LogP contribution in [0.5, 0.6) is 0 Å². The van der Waals surface area contributed by atoms with Crippen LogP contribution in [0.15, 0.2) is 29.2 Å². The van der Waals surface area contributed by atoms with Crippen molar-refractivity contribution in [2.24, 2.45) is 0 Å². The molecule has 0 atom stereocenters. The summed E-state index contributed by atoms with van der Waals surface area (Å²) in [6, 6.07) is 5.72. The number of rotatable bonds is 6. The van der Waals surface area contributed by atoms with Gasteiger partial charge in [-0.05, 0) is 38.1 Å². The molecule has 0 aliphatic heterocycles. The zero-order chi connectivity index (χ0) is 16.3. The summed E-state index contributed by atoms with van der Waals surface area (Å²) >= 11 is 0. The molecule has 0 fully saturated rings. The van der Waals surface area contributed by atoms with Gasteiger partial charge in [0.15, 0.2) is 0 Å². The van der Waals surface area contributed by atoms with Gasteiger partial charge in [0.25, 0.3) is 5.91 Å². The largest absolute Gasteiger partial charge is 0.389 e. The molecule has 0 bridgehead atoms. The van der Waals surface area contributed by atoms with E-state index in [1.54, 1.807) is 20.8 Å². The van der Waals surface area contributed by atoms with E-state index in [1.165, 1.54) is 35.6 Å². The molecule has 2 N–H and O–H groups in total. The van der Waals surface area contributed by atoms with Gasteiger partial charge in [0.1, 0.15) is 0 Å². The van der Waals surface area contributed by atoms with Crippen LogP contribution < -0.4 is 5.32 Å². The number of carbonyl (C=O) groups excluding carboxylic acids is 1. The minimum atomic E-state index is -3.69. The number of amides is 1. The van der Waals surface area contributed by atoms with Gasteiger partial charge < -0.3 is 10.4 Å². The fraction of sp³-hybridized carbons (Fsp3) is 0.500. The molecule has 1 aromatic carbocycles. The summed E-state index contributed by atoms with van der Waals surface area (Å²) < 4.78 is 26.2. The van der Waals surface area contributed by atoms with E-state index in [0.29, 0.717) is 5.56 Å². The van der Waals surface area contributed by atoms with E-state index >= 15 is 0 Å². The molecule has 0 spiro atoms. The number of hydrogen-bond donors (Lipinski definition) is 2. The summed E-state index contributed by atoms with van der Waals surface area (Å²) in [4.78, 5) is 11.5. The molecular weight excluding hydrogens is 292 g/mol. The molecular formula is C14H22N2O4S. The molecule has 0 aliphatic carbocycles. The lowest BCUT2D eigenvalue weighted by Gasteiger charge is -2.27. The third-order valence-corrected chi connectivity index (χ3v) is 4.83. The zero-order valence-electron chi connectivity index (χ0n) is 12.8. The van der Waals surface area contributed by atoms with Crippen LogP contribution in [0.4, 0.5) is 0 Å². The number of likely N-dealkylation sites (N-methyl/N-ethyl adjacent to an activating group) is 1. The number of sulfonamides is 1. The predicted octanol–water partition coefficient (Wildman–Crippen LogP) is 0.828. The summed E-state index contributed by atoms with van der Waals surface area (Å²) in [5.41, 5.74) is -0.729. The lowest BCUT2D eigenvalue weighted by Crippen LogP contribution is -2.42. The fourth-order valence-electron chi connectivity index (χ4n) is 1.87. The first-order chi connectivity index (χ1) is 9.61. The maximum Gasteiger partial charge on any atom is 0.251 e. The Hall–Kier alpha value is -1.44. The number of carbonyl (C=O) groups is 1. The summed E-state index contributed by atoms with van der Waals surface area (Å²) in [7, 11) is -2.18. The SMILES string of the molecule is CCN(CC(C)(C)O)S(=O)(=O)c1ccc(C(=O)NC)cc1. The first-order valence-corrected chi connectivity index (χ1v) is 8.10. The van der Waals surface area contributed by atoms with Crippen molar-refractivity contribution in [3.8, 4) is 0 Å². The van der Waals surface area contributed by atoms with Crippen molar-refractivity contribution >= 4 is 15.9 Å². The summed E-state index contributed by atoms with van der Waals surface area (Å²) in [6.07, 6.45) is 0. The van der Waals surface area contributed by atoms with Crippen molar-refractivity contribution in [2.75, 3.05) is 20.1 Å². The van der Waals surface area contributed by atoms with Crippen LogP contribution in [0.2, 0.25) is 0 Å². The van der Waals surface area contributed by atoms with Gasteiger partial charge in [-0.1, -0.05) is 6.92 Å². The van der Waals surface area contributed by atoms with Crippen molar-refractivity contribution < 1.29 is 18.3 Å². The quantitative estimate of drug-likeness (QED) is 0.814. The van der Waals surface area contributed by atoms with Crippen molar-refractivity contribution in [3.05, 3.63) is 29.8 Å². The third-order valence-electron chi connectivity index (χ3n) is 2.90. The Morgan fingerprint density at radius 3 is 2.19 bits per heavy atom. The molecule has 1 aromatic rings. The van der Waals surface area contributed by atoms with Gasteiger partial charge in [0.05, 0.1) is 10.5 Å². The molecule has 0 radical (unpaired) electrons. The summed E-state index contributed by atoms with van der Waals surface area (Å²) in [5.74, 6) is -0.275. The van der Waals surface area contributed by atoms with Crippen molar-refractivity contribution in [2.45, 2.75) is 31.3 Å². The number of nitrogens with one attached hydrogen (secondary N) is 1. The molecule has 1 amide bonds. The van der Waals surface area contributed by atoms with Crippen LogP contribution >= 0.6 is 0 Å². The van der Waals surface area contributed by atoms with Crippen LogP contribution in [0.3, 0.4) is 0 Å². The third kappa shape index (κ3) is 4.52. The average molecular weight is 314 g/mol. The first kappa shape index (κ1) is 17.6. The Kier molecular flexibility index (Phi) is 5.49. The van der Waals surface area contributed by atoms with Gasteiger partial charge in [-0.15, -0.1) is 0 Å². The number of hydrogen-bond acceptors (Lipinski definition) is 4. The summed E-state index contributed by atoms with van der Waals surface area (Å²) in [5, 5.41) is 12.3. The van der Waals surface area contributed by atoms with Crippen molar-refractivity contribution in [1.29, 1.82) is 0 Å². The Labute approximate surface area is 125 Å². The van der Waals surface area contributed by atoms with Gasteiger partial charge >= 0.3 is 0 Å². The molecule has 7 heteroatoms. The Morgan fingerprint density at radius 1 is 1.29 bits per heavy atom. The highest BCUT2D eigenvalue weighted by atomic mass is 32.2. The first-order valence-electron chi connectivity index (χ1n) is 6.66. The highest BCUT2D eigenvalue weighted by Crippen LogP contribution is 2.18. The average Bonchev–Trinajstić information content (AvgIpc) is 2.42. The lowest BCUT2D eigenvalue weighted by molar-refractivity contribution is 0.0601. The lowest BCUT2D eigenvalue weighted by atomic mass is 10.1. The van der Waals surface area contributed by atoms with E-state index < -0.39 is 15.6 Å². The Bertz CT molecular complexity index is 588. The molecule has 118 valence electrons. The molecule has 21 heavy (non-hydrogen) atoms. The number of aliphatic hydroxyl groups is 1. The molecule has 0 saturated heterocycles. The van der Waals surface area contributed by atoms with E-state index in [9.17, 15) is 18.3 Å². The highest BCUT2D eigenvalue weighted by molar-refractivity contribution is 7.89. The standard InChI is InChI=1S/C14H22N2O4S/c1-5-16(10-14(2,3)18)21(19,20)12-8-6-11(7-9-12)13(17)15-4/h6-9,18H,5,10H2,1-4H3,(H,15,17). The maximum absolute atomic E-state index is 12.5. The molecule has 0 saturated carbocycles. The van der Waals surface area contributed by atoms with Crippen LogP contribution in [0.1, 0.15) is 31.1 Å². The van der Waals surface area contributed by atoms with E-state index in [1.807, 2.05) is 0 Å². The van der Waals surface area contributed by atoms with Gasteiger partial charge in [-0.3, -0.25) is 4.79 Å². The minimum absolute atomic E-state index is 0.00301. The van der Waals surface area contributed by atoms with Gasteiger partial charge in [-0.25, -0.2) is 8.42 Å². The molecule has 0 heterocycles. The minimum Gasteiger partial charge on any atom is -0.389 e. The molecule has 0 aliphatic rings. The second-order valence-corrected chi connectivity index (χ2v) is 7.29. The van der Waals surface area contributed by atoms with E-state index in [0.717, 1.165) is 0 Å².